The number of nitrogens with two attached hydrogens (primary N) is 1. The molecule has 1 heterocycles. The van der Waals surface area contributed by atoms with Gasteiger partial charge in [0.25, 0.3) is 5.91 Å². The Hall–Kier alpha value is -2.73. The summed E-state index contributed by atoms with van der Waals surface area (Å²) in [6.07, 6.45) is 0. The summed E-state index contributed by atoms with van der Waals surface area (Å²) >= 11 is 0. The topological polar surface area (TPSA) is 70.8 Å². The van der Waals surface area contributed by atoms with Gasteiger partial charge >= 0.3 is 0 Å². The molecule has 3 rings (SSSR count). The Morgan fingerprint density at radius 2 is 1.86 bits per heavy atom. The molecule has 150 valence electrons. The zero-order valence-electron chi connectivity index (χ0n) is 16.9. The number of benzene rings is 2. The van der Waals surface area contributed by atoms with Crippen LogP contribution in [0.2, 0.25) is 0 Å². The quantitative estimate of drug-likeness (QED) is 0.803. The third kappa shape index (κ3) is 4.07. The van der Waals surface area contributed by atoms with Crippen LogP contribution in [-0.2, 0) is 0 Å². The Bertz CT molecular complexity index is 809. The lowest BCUT2D eigenvalue weighted by atomic mass is 10.0. The molecular formula is C22H30N4O2. The molecule has 0 radical (unpaired) electrons. The number of rotatable bonds is 6. The lowest BCUT2D eigenvalue weighted by molar-refractivity contribution is 0.0956. The Morgan fingerprint density at radius 3 is 2.54 bits per heavy atom. The van der Waals surface area contributed by atoms with Crippen molar-refractivity contribution in [2.45, 2.75) is 25.9 Å². The summed E-state index contributed by atoms with van der Waals surface area (Å²) < 4.78 is 5.54. The molecule has 1 saturated heterocycles. The molecule has 1 aliphatic heterocycles. The minimum absolute atomic E-state index is 0.0475. The maximum absolute atomic E-state index is 12.6. The molecule has 1 aliphatic rings. The highest BCUT2D eigenvalue weighted by Crippen LogP contribution is 2.32. The van der Waals surface area contributed by atoms with Gasteiger partial charge in [-0.3, -0.25) is 4.79 Å². The molecule has 2 unspecified atom stereocenters. The second-order valence-electron chi connectivity index (χ2n) is 7.11. The fraction of sp³-hybridized carbons (Fsp3) is 0.409. The first-order valence-electron chi connectivity index (χ1n) is 9.84. The number of ether oxygens (including phenoxy) is 1. The van der Waals surface area contributed by atoms with Crippen molar-refractivity contribution in [2.24, 2.45) is 5.73 Å². The largest absolute Gasteiger partial charge is 0.495 e. The normalized spacial score (nSPS) is 17.9. The molecule has 0 bridgehead atoms. The van der Waals surface area contributed by atoms with E-state index in [1.807, 2.05) is 56.3 Å². The van der Waals surface area contributed by atoms with Crippen molar-refractivity contribution < 1.29 is 9.53 Å². The van der Waals surface area contributed by atoms with Crippen LogP contribution in [0.1, 0.15) is 24.2 Å². The van der Waals surface area contributed by atoms with E-state index in [1.54, 1.807) is 7.11 Å². The van der Waals surface area contributed by atoms with Gasteiger partial charge < -0.3 is 25.6 Å². The number of nitrogens with one attached hydrogen (secondary N) is 1. The standard InChI is InChI=1S/C22H30N4O2/c1-4-24-22(27)17-9-5-6-10-18(17)26-14-13-25(15-20(26)16(2)23)19-11-7-8-12-21(19)28-3/h5-12,16,20H,4,13-15,23H2,1-3H3,(H,24,27). The van der Waals surface area contributed by atoms with E-state index in [0.717, 1.165) is 36.8 Å². The van der Waals surface area contributed by atoms with Gasteiger partial charge in [-0.05, 0) is 38.1 Å². The predicted octanol–water partition coefficient (Wildman–Crippen LogP) is 2.49. The monoisotopic (exact) mass is 382 g/mol. The molecule has 28 heavy (non-hydrogen) atoms. The molecule has 1 amide bonds. The molecule has 0 aliphatic carbocycles. The molecule has 6 heteroatoms. The lowest BCUT2D eigenvalue weighted by Gasteiger charge is -2.46. The number of carbonyl (C=O) groups excluding carboxylic acids is 1. The summed E-state index contributed by atoms with van der Waals surface area (Å²) in [6, 6.07) is 15.9. The Kier molecular flexibility index (Phi) is 6.41. The van der Waals surface area contributed by atoms with Crippen molar-refractivity contribution >= 4 is 17.3 Å². The second-order valence-corrected chi connectivity index (χ2v) is 7.11. The summed E-state index contributed by atoms with van der Waals surface area (Å²) in [6.45, 7) is 6.93. The van der Waals surface area contributed by atoms with E-state index in [-0.39, 0.29) is 18.0 Å². The van der Waals surface area contributed by atoms with Gasteiger partial charge in [0.15, 0.2) is 0 Å². The van der Waals surface area contributed by atoms with E-state index >= 15 is 0 Å². The van der Waals surface area contributed by atoms with Crippen LogP contribution in [0.3, 0.4) is 0 Å². The number of para-hydroxylation sites is 3. The SMILES string of the molecule is CCNC(=O)c1ccccc1N1CCN(c2ccccc2OC)CC1C(C)N. The van der Waals surface area contributed by atoms with Crippen LogP contribution in [0.4, 0.5) is 11.4 Å². The summed E-state index contributed by atoms with van der Waals surface area (Å²) in [5, 5.41) is 2.91. The van der Waals surface area contributed by atoms with Gasteiger partial charge in [-0.15, -0.1) is 0 Å². The van der Waals surface area contributed by atoms with Crippen LogP contribution in [0.5, 0.6) is 5.75 Å². The fourth-order valence-corrected chi connectivity index (χ4v) is 3.84. The number of methoxy groups -OCH3 is 1. The average molecular weight is 383 g/mol. The summed E-state index contributed by atoms with van der Waals surface area (Å²) in [7, 11) is 1.70. The first-order chi connectivity index (χ1) is 13.6. The van der Waals surface area contributed by atoms with Crippen LogP contribution in [0, 0.1) is 0 Å². The number of anilines is 2. The molecular weight excluding hydrogens is 352 g/mol. The average Bonchev–Trinajstić information content (AvgIpc) is 2.73. The molecule has 0 saturated carbocycles. The van der Waals surface area contributed by atoms with Crippen LogP contribution < -0.4 is 25.6 Å². The van der Waals surface area contributed by atoms with Gasteiger partial charge in [0.05, 0.1) is 24.4 Å². The molecule has 6 nitrogen and oxygen atoms in total. The maximum Gasteiger partial charge on any atom is 0.253 e. The molecule has 2 aromatic rings. The molecule has 3 N–H and O–H groups in total. The van der Waals surface area contributed by atoms with E-state index in [2.05, 4.69) is 21.2 Å². The van der Waals surface area contributed by atoms with E-state index in [9.17, 15) is 4.79 Å². The molecule has 0 aromatic heterocycles. The molecule has 1 fully saturated rings. The van der Waals surface area contributed by atoms with Gasteiger partial charge in [-0.1, -0.05) is 24.3 Å². The first-order valence-corrected chi connectivity index (χ1v) is 9.84. The summed E-state index contributed by atoms with van der Waals surface area (Å²) in [4.78, 5) is 17.2. The Labute approximate surface area is 167 Å². The van der Waals surface area contributed by atoms with Gasteiger partial charge in [-0.2, -0.15) is 0 Å². The van der Waals surface area contributed by atoms with Crippen LogP contribution >= 0.6 is 0 Å². The maximum atomic E-state index is 12.6. The Morgan fingerprint density at radius 1 is 1.18 bits per heavy atom. The zero-order valence-corrected chi connectivity index (χ0v) is 16.9. The fourth-order valence-electron chi connectivity index (χ4n) is 3.84. The highest BCUT2D eigenvalue weighted by atomic mass is 16.5. The van der Waals surface area contributed by atoms with Crippen LogP contribution in [-0.4, -0.2) is 51.3 Å². The predicted molar refractivity (Wildman–Crippen MR) is 114 cm³/mol. The lowest BCUT2D eigenvalue weighted by Crippen LogP contribution is -2.60. The third-order valence-corrected chi connectivity index (χ3v) is 5.25. The van der Waals surface area contributed by atoms with E-state index in [0.29, 0.717) is 12.1 Å². The summed E-state index contributed by atoms with van der Waals surface area (Å²) in [5.41, 5.74) is 9.10. The minimum atomic E-state index is -0.0557. The van der Waals surface area contributed by atoms with Gasteiger partial charge in [0, 0.05) is 37.9 Å². The highest BCUT2D eigenvalue weighted by Gasteiger charge is 2.32. The Balaban J connectivity index is 1.90. The van der Waals surface area contributed by atoms with E-state index < -0.39 is 0 Å². The van der Waals surface area contributed by atoms with E-state index in [1.165, 1.54) is 0 Å². The molecule has 2 atom stereocenters. The number of amides is 1. The van der Waals surface area contributed by atoms with Gasteiger partial charge in [0.2, 0.25) is 0 Å². The van der Waals surface area contributed by atoms with Crippen molar-refractivity contribution in [1.29, 1.82) is 0 Å². The number of hydrogen-bond acceptors (Lipinski definition) is 5. The molecule has 0 spiro atoms. The summed E-state index contributed by atoms with van der Waals surface area (Å²) in [5.74, 6) is 0.816. The van der Waals surface area contributed by atoms with Crippen LogP contribution in [0.15, 0.2) is 48.5 Å². The zero-order chi connectivity index (χ0) is 20.1. The highest BCUT2D eigenvalue weighted by molar-refractivity contribution is 5.99. The minimum Gasteiger partial charge on any atom is -0.495 e. The number of nitrogens with zero attached hydrogens (tertiary/aromatic N) is 2. The smallest absolute Gasteiger partial charge is 0.253 e. The third-order valence-electron chi connectivity index (χ3n) is 5.25. The second kappa shape index (κ2) is 8.97. The van der Waals surface area contributed by atoms with Crippen molar-refractivity contribution in [3.63, 3.8) is 0 Å². The number of piperazine rings is 1. The number of hydrogen-bond donors (Lipinski definition) is 2. The van der Waals surface area contributed by atoms with Crippen molar-refractivity contribution in [3.8, 4) is 5.75 Å². The number of carbonyl (C=O) groups is 1. The molecule has 2 aromatic carbocycles. The van der Waals surface area contributed by atoms with Crippen LogP contribution in [0.25, 0.3) is 0 Å². The van der Waals surface area contributed by atoms with Gasteiger partial charge in [0.1, 0.15) is 5.75 Å². The van der Waals surface area contributed by atoms with Gasteiger partial charge in [-0.25, -0.2) is 0 Å². The first kappa shape index (κ1) is 20.0. The van der Waals surface area contributed by atoms with Crippen molar-refractivity contribution in [1.82, 2.24) is 5.32 Å². The van der Waals surface area contributed by atoms with E-state index in [4.69, 9.17) is 10.5 Å². The van der Waals surface area contributed by atoms with Crippen molar-refractivity contribution in [2.75, 3.05) is 43.1 Å². The van der Waals surface area contributed by atoms with Crippen molar-refractivity contribution in [3.05, 3.63) is 54.1 Å².